The molecule has 2 aromatic heterocycles. The monoisotopic (exact) mass is 299 g/mol. The Balaban J connectivity index is 2.46. The Morgan fingerprint density at radius 3 is 2.57 bits per heavy atom. The number of aromatic amines is 1. The van der Waals surface area contributed by atoms with Crippen LogP contribution in [0.2, 0.25) is 0 Å². The Kier molecular flexibility index (Phi) is 4.20. The second-order valence-electron chi connectivity index (χ2n) is 4.22. The van der Waals surface area contributed by atoms with Crippen molar-refractivity contribution in [3.8, 4) is 11.4 Å². The molecule has 0 spiro atoms. The van der Waals surface area contributed by atoms with Gasteiger partial charge in [0.15, 0.2) is 5.82 Å². The van der Waals surface area contributed by atoms with Gasteiger partial charge in [-0.05, 0) is 18.6 Å². The van der Waals surface area contributed by atoms with E-state index in [9.17, 15) is 18.0 Å². The molecule has 0 aliphatic carbocycles. The molecule has 6 nitrogen and oxygen atoms in total. The zero-order chi connectivity index (χ0) is 15.5. The summed E-state index contributed by atoms with van der Waals surface area (Å²) in [4.78, 5) is 10.9. The third-order valence-corrected chi connectivity index (χ3v) is 2.58. The van der Waals surface area contributed by atoms with E-state index in [1.165, 1.54) is 6.07 Å². The average Bonchev–Trinajstić information content (AvgIpc) is 2.45. The summed E-state index contributed by atoms with van der Waals surface area (Å²) < 4.78 is 39.1. The van der Waals surface area contributed by atoms with Gasteiger partial charge in [0, 0.05) is 12.6 Å². The molecule has 21 heavy (non-hydrogen) atoms. The summed E-state index contributed by atoms with van der Waals surface area (Å²) in [5.41, 5.74) is -1.34. The normalized spacial score (nSPS) is 11.4. The highest BCUT2D eigenvalue weighted by atomic mass is 19.4. The van der Waals surface area contributed by atoms with Gasteiger partial charge >= 0.3 is 6.18 Å². The molecular weight excluding hydrogens is 287 g/mol. The molecule has 112 valence electrons. The van der Waals surface area contributed by atoms with Crippen LogP contribution >= 0.6 is 0 Å². The number of aromatic nitrogens is 4. The van der Waals surface area contributed by atoms with Crippen LogP contribution in [0.3, 0.4) is 0 Å². The highest BCUT2D eigenvalue weighted by molar-refractivity contribution is 5.58. The largest absolute Gasteiger partial charge is 0.420 e. The van der Waals surface area contributed by atoms with E-state index in [1.807, 2.05) is 6.92 Å². The fraction of sp³-hybridized carbons (Fsp3) is 0.333. The average molecular weight is 299 g/mol. The molecule has 2 aromatic rings. The quantitative estimate of drug-likeness (QED) is 0.903. The second-order valence-corrected chi connectivity index (χ2v) is 4.22. The lowest BCUT2D eigenvalue weighted by Crippen LogP contribution is -2.15. The SMILES string of the molecule is CCCNc1nnc(-c2ccc(=O)[nH]n2)cc1C(F)(F)F. The van der Waals surface area contributed by atoms with E-state index >= 15 is 0 Å². The van der Waals surface area contributed by atoms with E-state index in [0.29, 0.717) is 13.0 Å². The van der Waals surface area contributed by atoms with E-state index in [0.717, 1.165) is 12.1 Å². The van der Waals surface area contributed by atoms with Crippen LogP contribution in [0.5, 0.6) is 0 Å². The van der Waals surface area contributed by atoms with E-state index in [2.05, 4.69) is 25.7 Å². The summed E-state index contributed by atoms with van der Waals surface area (Å²) in [6, 6.07) is 3.29. The van der Waals surface area contributed by atoms with Crippen LogP contribution < -0.4 is 10.9 Å². The smallest absolute Gasteiger partial charge is 0.368 e. The molecule has 0 aliphatic heterocycles. The van der Waals surface area contributed by atoms with Crippen molar-refractivity contribution in [2.75, 3.05) is 11.9 Å². The molecule has 0 amide bonds. The van der Waals surface area contributed by atoms with E-state index in [1.54, 1.807) is 0 Å². The molecule has 0 saturated heterocycles. The van der Waals surface area contributed by atoms with Gasteiger partial charge in [0.05, 0.1) is 0 Å². The number of halogens is 3. The number of alkyl halides is 3. The fourth-order valence-corrected chi connectivity index (χ4v) is 1.59. The molecule has 0 fully saturated rings. The minimum absolute atomic E-state index is 0.0689. The van der Waals surface area contributed by atoms with Gasteiger partial charge in [0.25, 0.3) is 5.56 Å². The fourth-order valence-electron chi connectivity index (χ4n) is 1.59. The summed E-state index contributed by atoms with van der Waals surface area (Å²) >= 11 is 0. The van der Waals surface area contributed by atoms with Crippen molar-refractivity contribution in [1.82, 2.24) is 20.4 Å². The molecule has 0 radical (unpaired) electrons. The molecule has 0 saturated carbocycles. The standard InChI is InChI=1S/C12H12F3N5O/c1-2-5-16-11-7(12(13,14)15)6-9(18-20-11)8-3-4-10(21)19-17-8/h3-4,6H,2,5H2,1H3,(H,16,20)(H,19,21). The predicted octanol–water partition coefficient (Wildman–Crippen LogP) is 2.07. The van der Waals surface area contributed by atoms with E-state index < -0.39 is 17.3 Å². The Bertz CT molecular complexity index is 663. The van der Waals surface area contributed by atoms with Crippen LogP contribution in [-0.4, -0.2) is 26.9 Å². The molecule has 0 atom stereocenters. The van der Waals surface area contributed by atoms with Crippen molar-refractivity contribution >= 4 is 5.82 Å². The van der Waals surface area contributed by atoms with Gasteiger partial charge in [0.2, 0.25) is 0 Å². The van der Waals surface area contributed by atoms with Gasteiger partial charge in [-0.2, -0.15) is 18.3 Å². The Hall–Kier alpha value is -2.45. The molecule has 0 aromatic carbocycles. The van der Waals surface area contributed by atoms with Gasteiger partial charge in [0.1, 0.15) is 17.0 Å². The molecule has 9 heteroatoms. The Morgan fingerprint density at radius 2 is 2.00 bits per heavy atom. The molecular formula is C12H12F3N5O. The lowest BCUT2D eigenvalue weighted by atomic mass is 10.2. The number of nitrogens with zero attached hydrogens (tertiary/aromatic N) is 3. The predicted molar refractivity (Wildman–Crippen MR) is 69.7 cm³/mol. The topological polar surface area (TPSA) is 83.6 Å². The summed E-state index contributed by atoms with van der Waals surface area (Å²) in [6.07, 6.45) is -3.91. The third kappa shape index (κ3) is 3.56. The zero-order valence-electron chi connectivity index (χ0n) is 11.0. The molecule has 0 aliphatic rings. The van der Waals surface area contributed by atoms with Crippen LogP contribution in [0.1, 0.15) is 18.9 Å². The maximum atomic E-state index is 13.0. The summed E-state index contributed by atoms with van der Waals surface area (Å²) in [7, 11) is 0. The number of H-pyrrole nitrogens is 1. The van der Waals surface area contributed by atoms with Crippen LogP contribution in [0, 0.1) is 0 Å². The summed E-state index contributed by atoms with van der Waals surface area (Å²) in [6.45, 7) is 2.18. The van der Waals surface area contributed by atoms with Crippen molar-refractivity contribution in [2.24, 2.45) is 0 Å². The molecule has 2 N–H and O–H groups in total. The summed E-state index contributed by atoms with van der Waals surface area (Å²) in [5.74, 6) is -0.322. The number of hydrogen-bond acceptors (Lipinski definition) is 5. The third-order valence-electron chi connectivity index (χ3n) is 2.58. The molecule has 0 unspecified atom stereocenters. The van der Waals surface area contributed by atoms with Crippen molar-refractivity contribution in [3.05, 3.63) is 34.1 Å². The second kappa shape index (κ2) is 5.90. The van der Waals surface area contributed by atoms with Crippen LogP contribution in [0.15, 0.2) is 23.0 Å². The van der Waals surface area contributed by atoms with Gasteiger partial charge in [-0.1, -0.05) is 6.92 Å². The molecule has 2 heterocycles. The van der Waals surface area contributed by atoms with Crippen molar-refractivity contribution in [1.29, 1.82) is 0 Å². The minimum atomic E-state index is -4.57. The Morgan fingerprint density at radius 1 is 1.24 bits per heavy atom. The maximum Gasteiger partial charge on any atom is 0.420 e. The minimum Gasteiger partial charge on any atom is -0.368 e. The molecule has 2 rings (SSSR count). The summed E-state index contributed by atoms with van der Waals surface area (Å²) in [5, 5.41) is 15.6. The zero-order valence-corrected chi connectivity index (χ0v) is 11.0. The number of rotatable bonds is 4. The Labute approximate surface area is 117 Å². The highest BCUT2D eigenvalue weighted by Gasteiger charge is 2.35. The van der Waals surface area contributed by atoms with Crippen LogP contribution in [0.4, 0.5) is 19.0 Å². The number of hydrogen-bond donors (Lipinski definition) is 2. The van der Waals surface area contributed by atoms with Crippen molar-refractivity contribution in [3.63, 3.8) is 0 Å². The first-order chi connectivity index (χ1) is 9.91. The first-order valence-corrected chi connectivity index (χ1v) is 6.16. The van der Waals surface area contributed by atoms with Crippen LogP contribution in [0.25, 0.3) is 11.4 Å². The van der Waals surface area contributed by atoms with Crippen LogP contribution in [-0.2, 0) is 6.18 Å². The lowest BCUT2D eigenvalue weighted by Gasteiger charge is -2.13. The maximum absolute atomic E-state index is 13.0. The van der Waals surface area contributed by atoms with Gasteiger partial charge in [-0.15, -0.1) is 10.2 Å². The first-order valence-electron chi connectivity index (χ1n) is 6.16. The lowest BCUT2D eigenvalue weighted by molar-refractivity contribution is -0.137. The highest BCUT2D eigenvalue weighted by Crippen LogP contribution is 2.35. The number of nitrogens with one attached hydrogen (secondary N) is 2. The molecule has 0 bridgehead atoms. The number of anilines is 1. The van der Waals surface area contributed by atoms with E-state index in [-0.39, 0.29) is 17.2 Å². The van der Waals surface area contributed by atoms with E-state index in [4.69, 9.17) is 0 Å². The first kappa shape index (κ1) is 14.9. The van der Waals surface area contributed by atoms with Gasteiger partial charge in [-0.3, -0.25) is 4.79 Å². The van der Waals surface area contributed by atoms with Gasteiger partial charge < -0.3 is 5.32 Å². The van der Waals surface area contributed by atoms with Crippen molar-refractivity contribution in [2.45, 2.75) is 19.5 Å². The van der Waals surface area contributed by atoms with Crippen molar-refractivity contribution < 1.29 is 13.2 Å². The van der Waals surface area contributed by atoms with Gasteiger partial charge in [-0.25, -0.2) is 5.10 Å².